The van der Waals surface area contributed by atoms with Crippen molar-refractivity contribution in [3.63, 3.8) is 0 Å². The predicted octanol–water partition coefficient (Wildman–Crippen LogP) is 3.15. The minimum Gasteiger partial charge on any atom is -0.388 e. The highest BCUT2D eigenvalue weighted by atomic mass is 32.2. The molecule has 0 aliphatic carbocycles. The van der Waals surface area contributed by atoms with Crippen molar-refractivity contribution in [1.82, 2.24) is 4.98 Å². The first-order valence-electron chi connectivity index (χ1n) is 5.02. The third kappa shape index (κ3) is 2.30. The quantitative estimate of drug-likeness (QED) is 0.845. The number of aliphatic hydroxyl groups is 1. The van der Waals surface area contributed by atoms with Crippen LogP contribution in [0.15, 0.2) is 6.20 Å². The van der Waals surface area contributed by atoms with E-state index in [0.717, 1.165) is 4.88 Å². The van der Waals surface area contributed by atoms with Gasteiger partial charge in [0, 0.05) is 6.20 Å². The lowest BCUT2D eigenvalue weighted by Crippen LogP contribution is -2.01. The van der Waals surface area contributed by atoms with Crippen molar-refractivity contribution in [2.24, 2.45) is 0 Å². The highest BCUT2D eigenvalue weighted by molar-refractivity contribution is 7.99. The van der Waals surface area contributed by atoms with E-state index in [-0.39, 0.29) is 6.10 Å². The van der Waals surface area contributed by atoms with Crippen LogP contribution in [0, 0.1) is 0 Å². The van der Waals surface area contributed by atoms with Gasteiger partial charge in [0.05, 0.1) is 16.2 Å². The molecular weight excluding hydrogens is 214 g/mol. The van der Waals surface area contributed by atoms with Crippen molar-refractivity contribution >= 4 is 23.1 Å². The molecule has 0 aromatic carbocycles. The molecule has 1 aliphatic rings. The third-order valence-electron chi connectivity index (χ3n) is 2.41. The molecule has 0 bridgehead atoms. The van der Waals surface area contributed by atoms with Crippen molar-refractivity contribution < 1.29 is 5.11 Å². The van der Waals surface area contributed by atoms with Gasteiger partial charge >= 0.3 is 0 Å². The van der Waals surface area contributed by atoms with Gasteiger partial charge in [0.25, 0.3) is 0 Å². The van der Waals surface area contributed by atoms with E-state index in [1.807, 2.05) is 18.0 Å². The highest BCUT2D eigenvalue weighted by Gasteiger charge is 2.19. The number of aromatic nitrogens is 1. The number of aliphatic hydroxyl groups excluding tert-OH is 1. The van der Waals surface area contributed by atoms with Crippen LogP contribution in [0.25, 0.3) is 0 Å². The fraction of sp³-hybridized carbons (Fsp3) is 0.700. The lowest BCUT2D eigenvalue weighted by molar-refractivity contribution is 0.203. The molecule has 0 amide bonds. The Bertz CT molecular complexity index is 292. The van der Waals surface area contributed by atoms with Crippen molar-refractivity contribution in [1.29, 1.82) is 0 Å². The van der Waals surface area contributed by atoms with Crippen LogP contribution in [-0.4, -0.2) is 15.8 Å². The largest absolute Gasteiger partial charge is 0.388 e. The molecule has 2 nitrogen and oxygen atoms in total. The van der Waals surface area contributed by atoms with Gasteiger partial charge < -0.3 is 5.11 Å². The molecule has 2 heterocycles. The number of rotatable bonds is 2. The van der Waals surface area contributed by atoms with Crippen molar-refractivity contribution in [3.8, 4) is 0 Å². The average Bonchev–Trinajstić information content (AvgIpc) is 2.68. The van der Waals surface area contributed by atoms with E-state index in [9.17, 15) is 5.11 Å². The zero-order valence-corrected chi connectivity index (χ0v) is 9.90. The second kappa shape index (κ2) is 4.64. The Labute approximate surface area is 92.8 Å². The number of hydrogen-bond donors (Lipinski definition) is 1. The summed E-state index contributed by atoms with van der Waals surface area (Å²) >= 11 is 3.67. The van der Waals surface area contributed by atoms with Gasteiger partial charge in [-0.25, -0.2) is 4.98 Å². The van der Waals surface area contributed by atoms with E-state index in [1.165, 1.54) is 30.0 Å². The van der Waals surface area contributed by atoms with Crippen LogP contribution in [0.5, 0.6) is 0 Å². The molecule has 78 valence electrons. The van der Waals surface area contributed by atoms with Crippen LogP contribution in [0.3, 0.4) is 0 Å². The molecule has 2 rings (SSSR count). The van der Waals surface area contributed by atoms with E-state index in [4.69, 9.17) is 0 Å². The van der Waals surface area contributed by atoms with Crippen LogP contribution in [0.1, 0.15) is 47.4 Å². The second-order valence-corrected chi connectivity index (χ2v) is 6.04. The summed E-state index contributed by atoms with van der Waals surface area (Å²) in [7, 11) is 0. The van der Waals surface area contributed by atoms with Gasteiger partial charge in [-0.1, -0.05) is 6.42 Å². The third-order valence-corrected chi connectivity index (χ3v) is 5.22. The van der Waals surface area contributed by atoms with Gasteiger partial charge in [-0.15, -0.1) is 11.3 Å². The van der Waals surface area contributed by atoms with Crippen LogP contribution in [0.2, 0.25) is 0 Å². The summed E-state index contributed by atoms with van der Waals surface area (Å²) in [5.74, 6) is 1.26. The fourth-order valence-electron chi connectivity index (χ4n) is 1.58. The summed E-state index contributed by atoms with van der Waals surface area (Å²) in [6, 6.07) is 0. The number of hydrogen-bond acceptors (Lipinski definition) is 4. The maximum atomic E-state index is 9.40. The van der Waals surface area contributed by atoms with E-state index in [2.05, 4.69) is 4.98 Å². The Morgan fingerprint density at radius 2 is 2.43 bits per heavy atom. The summed E-state index contributed by atoms with van der Waals surface area (Å²) in [6.07, 6.45) is 5.36. The van der Waals surface area contributed by atoms with Gasteiger partial charge in [-0.3, -0.25) is 0 Å². The normalized spacial score (nSPS) is 24.9. The molecule has 4 heteroatoms. The molecule has 1 saturated heterocycles. The van der Waals surface area contributed by atoms with Gasteiger partial charge in [-0.2, -0.15) is 11.8 Å². The SMILES string of the molecule is CC(O)c1cnc(C2CCCCS2)s1. The molecule has 0 saturated carbocycles. The summed E-state index contributed by atoms with van der Waals surface area (Å²) in [4.78, 5) is 5.39. The number of nitrogens with zero attached hydrogens (tertiary/aromatic N) is 1. The lowest BCUT2D eigenvalue weighted by Gasteiger charge is -2.18. The maximum Gasteiger partial charge on any atom is 0.106 e. The van der Waals surface area contributed by atoms with E-state index in [0.29, 0.717) is 5.25 Å². The van der Waals surface area contributed by atoms with Crippen LogP contribution < -0.4 is 0 Å². The molecular formula is C10H15NOS2. The lowest BCUT2D eigenvalue weighted by atomic mass is 10.2. The van der Waals surface area contributed by atoms with Crippen molar-refractivity contribution in [2.75, 3.05) is 5.75 Å². The molecule has 1 aromatic rings. The van der Waals surface area contributed by atoms with E-state index in [1.54, 1.807) is 18.3 Å². The molecule has 2 unspecified atom stereocenters. The van der Waals surface area contributed by atoms with Gasteiger partial charge in [0.2, 0.25) is 0 Å². The average molecular weight is 229 g/mol. The number of thiazole rings is 1. The zero-order chi connectivity index (χ0) is 9.97. The first kappa shape index (κ1) is 10.5. The standard InChI is InChI=1S/C10H15NOS2/c1-7(12)9-6-11-10(14-9)8-4-2-3-5-13-8/h6-8,12H,2-5H2,1H3. The van der Waals surface area contributed by atoms with E-state index >= 15 is 0 Å². The van der Waals surface area contributed by atoms with Gasteiger partial charge in [0.15, 0.2) is 0 Å². The minimum atomic E-state index is -0.366. The van der Waals surface area contributed by atoms with Crippen LogP contribution >= 0.6 is 23.1 Å². The molecule has 0 spiro atoms. The molecule has 2 atom stereocenters. The molecule has 14 heavy (non-hydrogen) atoms. The fourth-order valence-corrected chi connectivity index (χ4v) is 3.99. The first-order chi connectivity index (χ1) is 6.77. The molecule has 1 fully saturated rings. The molecule has 1 aliphatic heterocycles. The van der Waals surface area contributed by atoms with Crippen molar-refractivity contribution in [3.05, 3.63) is 16.1 Å². The number of thioether (sulfide) groups is 1. The monoisotopic (exact) mass is 229 g/mol. The van der Waals surface area contributed by atoms with Crippen LogP contribution in [0.4, 0.5) is 0 Å². The zero-order valence-electron chi connectivity index (χ0n) is 8.27. The topological polar surface area (TPSA) is 33.1 Å². The highest BCUT2D eigenvalue weighted by Crippen LogP contribution is 2.40. The van der Waals surface area contributed by atoms with Crippen molar-refractivity contribution in [2.45, 2.75) is 37.5 Å². The summed E-state index contributed by atoms with van der Waals surface area (Å²) < 4.78 is 0. The summed E-state index contributed by atoms with van der Waals surface area (Å²) in [6.45, 7) is 1.80. The Kier molecular flexibility index (Phi) is 3.47. The van der Waals surface area contributed by atoms with Gasteiger partial charge in [0.1, 0.15) is 5.01 Å². The predicted molar refractivity (Wildman–Crippen MR) is 61.8 cm³/mol. The Hall–Kier alpha value is -0.0600. The minimum absolute atomic E-state index is 0.366. The van der Waals surface area contributed by atoms with Crippen LogP contribution in [-0.2, 0) is 0 Å². The van der Waals surface area contributed by atoms with Gasteiger partial charge in [-0.05, 0) is 25.5 Å². The van der Waals surface area contributed by atoms with E-state index < -0.39 is 0 Å². The first-order valence-corrected chi connectivity index (χ1v) is 6.89. The summed E-state index contributed by atoms with van der Waals surface area (Å²) in [5, 5.41) is 11.2. The molecule has 0 radical (unpaired) electrons. The Morgan fingerprint density at radius 1 is 1.57 bits per heavy atom. The maximum absolute atomic E-state index is 9.40. The summed E-state index contributed by atoms with van der Waals surface area (Å²) in [5.41, 5.74) is 0. The second-order valence-electron chi connectivity index (χ2n) is 3.63. The Morgan fingerprint density at radius 3 is 3.00 bits per heavy atom. The molecule has 1 aromatic heterocycles. The molecule has 1 N–H and O–H groups in total. The smallest absolute Gasteiger partial charge is 0.106 e. The Balaban J connectivity index is 2.07.